The summed E-state index contributed by atoms with van der Waals surface area (Å²) in [5.74, 6) is -2.20. The van der Waals surface area contributed by atoms with Crippen molar-refractivity contribution in [2.45, 2.75) is 11.3 Å². The average molecular weight is 584 g/mol. The van der Waals surface area contributed by atoms with Crippen molar-refractivity contribution >= 4 is 57.5 Å². The number of nitrogens with zero attached hydrogens (tertiary/aromatic N) is 3. The van der Waals surface area contributed by atoms with Gasteiger partial charge in [-0.15, -0.1) is 0 Å². The summed E-state index contributed by atoms with van der Waals surface area (Å²) in [6.07, 6.45) is 1.74. The highest BCUT2D eigenvalue weighted by molar-refractivity contribution is 6.33. The third-order valence-electron chi connectivity index (χ3n) is 9.24. The summed E-state index contributed by atoms with van der Waals surface area (Å²) in [6.45, 7) is 0. The van der Waals surface area contributed by atoms with E-state index in [4.69, 9.17) is 16.6 Å². The van der Waals surface area contributed by atoms with Crippen molar-refractivity contribution in [1.82, 2.24) is 0 Å². The van der Waals surface area contributed by atoms with E-state index in [0.29, 0.717) is 11.4 Å². The van der Waals surface area contributed by atoms with E-state index in [9.17, 15) is 19.7 Å². The van der Waals surface area contributed by atoms with E-state index >= 15 is 0 Å². The maximum absolute atomic E-state index is 14.7. The number of fused-ring (bicyclic) bond motifs is 1. The first-order valence-corrected chi connectivity index (χ1v) is 14.3. The van der Waals surface area contributed by atoms with Gasteiger partial charge in [0, 0.05) is 29.7 Å². The van der Waals surface area contributed by atoms with Gasteiger partial charge in [-0.2, -0.15) is 0 Å². The van der Waals surface area contributed by atoms with Crippen LogP contribution in [0.5, 0.6) is 0 Å². The molecule has 208 valence electrons. The van der Waals surface area contributed by atoms with E-state index in [1.165, 1.54) is 23.1 Å². The predicted octanol–water partition coefficient (Wildman–Crippen LogP) is 7.35. The molecular formula is C35H22ClN3O4. The molecule has 4 aliphatic rings. The van der Waals surface area contributed by atoms with Crippen LogP contribution in [0.3, 0.4) is 0 Å². The maximum Gasteiger partial charge on any atom is 0.271 e. The highest BCUT2D eigenvalue weighted by atomic mass is 35.5. The molecule has 0 unspecified atom stereocenters. The highest BCUT2D eigenvalue weighted by Crippen LogP contribution is 2.64. The lowest BCUT2D eigenvalue weighted by Gasteiger charge is -2.52. The first-order chi connectivity index (χ1) is 20.9. The monoisotopic (exact) mass is 583 g/mol. The van der Waals surface area contributed by atoms with Crippen LogP contribution < -0.4 is 4.90 Å². The molecule has 5 aromatic carbocycles. The summed E-state index contributed by atoms with van der Waals surface area (Å²) in [4.78, 5) is 46.3. The molecule has 5 aromatic rings. The molecule has 8 heteroatoms. The SMILES string of the molecule is O=C1[C@@H]2C3c4ccccc4C(C=Nc4ccc([N+](=O)[O-])cc4Cl)(c4ccccc43)[C@H]2C(=O)N1c1cccc2ccccc12. The Hall–Kier alpha value is -5.14. The third-order valence-corrected chi connectivity index (χ3v) is 9.54. The van der Waals surface area contributed by atoms with Crippen LogP contribution in [0.4, 0.5) is 17.1 Å². The fraction of sp³-hybridized carbons (Fsp3) is 0.114. The van der Waals surface area contributed by atoms with Crippen molar-refractivity contribution in [2.75, 3.05) is 4.90 Å². The lowest BCUT2D eigenvalue weighted by molar-refractivity contribution is -0.384. The Morgan fingerprint density at radius 2 is 1.47 bits per heavy atom. The zero-order valence-corrected chi connectivity index (χ0v) is 23.3. The Bertz CT molecular complexity index is 2020. The average Bonchev–Trinajstić information content (AvgIpc) is 3.30. The van der Waals surface area contributed by atoms with Crippen molar-refractivity contribution in [1.29, 1.82) is 0 Å². The zero-order chi connectivity index (χ0) is 29.5. The van der Waals surface area contributed by atoms with Crippen LogP contribution in [-0.4, -0.2) is 23.0 Å². The van der Waals surface area contributed by atoms with Gasteiger partial charge in [-0.3, -0.25) is 24.7 Å². The molecule has 2 bridgehead atoms. The first kappa shape index (κ1) is 25.6. The van der Waals surface area contributed by atoms with Gasteiger partial charge in [-0.05, 0) is 39.8 Å². The van der Waals surface area contributed by atoms with E-state index in [2.05, 4.69) is 0 Å². The molecule has 0 spiro atoms. The molecule has 2 atom stereocenters. The topological polar surface area (TPSA) is 92.9 Å². The Balaban J connectivity index is 1.38. The van der Waals surface area contributed by atoms with E-state index in [-0.39, 0.29) is 28.4 Å². The molecule has 3 aliphatic carbocycles. The van der Waals surface area contributed by atoms with Crippen LogP contribution in [0.2, 0.25) is 5.02 Å². The number of carbonyl (C=O) groups excluding carboxylic acids is 2. The number of amides is 2. The number of anilines is 1. The van der Waals surface area contributed by atoms with Gasteiger partial charge in [0.2, 0.25) is 11.8 Å². The van der Waals surface area contributed by atoms with Crippen LogP contribution in [0.1, 0.15) is 28.2 Å². The molecule has 7 nitrogen and oxygen atoms in total. The summed E-state index contributed by atoms with van der Waals surface area (Å²) >= 11 is 6.46. The van der Waals surface area contributed by atoms with E-state index in [0.717, 1.165) is 33.0 Å². The van der Waals surface area contributed by atoms with Gasteiger partial charge in [0.1, 0.15) is 0 Å². The molecule has 0 saturated carbocycles. The van der Waals surface area contributed by atoms with Crippen LogP contribution in [0.25, 0.3) is 10.8 Å². The fourth-order valence-electron chi connectivity index (χ4n) is 7.58. The minimum Gasteiger partial charge on any atom is -0.274 e. The van der Waals surface area contributed by atoms with Crippen LogP contribution in [-0.2, 0) is 15.0 Å². The fourth-order valence-corrected chi connectivity index (χ4v) is 7.80. The molecule has 0 aromatic heterocycles. The number of hydrogen-bond acceptors (Lipinski definition) is 5. The molecule has 2 amide bonds. The number of carbonyl (C=O) groups is 2. The van der Waals surface area contributed by atoms with E-state index < -0.39 is 22.2 Å². The lowest BCUT2D eigenvalue weighted by Crippen LogP contribution is -2.54. The van der Waals surface area contributed by atoms with Crippen molar-refractivity contribution in [3.8, 4) is 0 Å². The van der Waals surface area contributed by atoms with Crippen molar-refractivity contribution in [2.24, 2.45) is 16.8 Å². The second-order valence-electron chi connectivity index (χ2n) is 11.2. The van der Waals surface area contributed by atoms with E-state index in [1.807, 2.05) is 91.0 Å². The van der Waals surface area contributed by atoms with Gasteiger partial charge in [-0.1, -0.05) is 96.5 Å². The number of aliphatic imine (C=N–C) groups is 1. The number of hydrogen-bond donors (Lipinski definition) is 0. The van der Waals surface area contributed by atoms with Gasteiger partial charge in [0.05, 0.1) is 38.6 Å². The number of rotatable bonds is 4. The minimum atomic E-state index is -1.08. The van der Waals surface area contributed by atoms with Crippen molar-refractivity contribution in [3.63, 3.8) is 0 Å². The summed E-state index contributed by atoms with van der Waals surface area (Å²) in [5.41, 5.74) is 3.51. The minimum absolute atomic E-state index is 0.121. The van der Waals surface area contributed by atoms with E-state index in [1.54, 1.807) is 6.21 Å². The maximum atomic E-state index is 14.7. The predicted molar refractivity (Wildman–Crippen MR) is 165 cm³/mol. The molecule has 1 aliphatic heterocycles. The molecule has 1 saturated heterocycles. The molecular weight excluding hydrogens is 562 g/mol. The Morgan fingerprint density at radius 3 is 2.16 bits per heavy atom. The molecule has 0 N–H and O–H groups in total. The summed E-state index contributed by atoms with van der Waals surface area (Å²) in [7, 11) is 0. The number of imide groups is 1. The number of halogens is 1. The third kappa shape index (κ3) is 3.40. The summed E-state index contributed by atoms with van der Waals surface area (Å²) in [6, 6.07) is 33.4. The number of nitro groups is 1. The zero-order valence-electron chi connectivity index (χ0n) is 22.6. The number of benzene rings is 5. The normalized spacial score (nSPS) is 23.5. The summed E-state index contributed by atoms with van der Waals surface area (Å²) < 4.78 is 0. The summed E-state index contributed by atoms with van der Waals surface area (Å²) in [5, 5.41) is 13.2. The largest absolute Gasteiger partial charge is 0.274 e. The van der Waals surface area contributed by atoms with Gasteiger partial charge in [0.25, 0.3) is 5.69 Å². The van der Waals surface area contributed by atoms with Gasteiger partial charge in [-0.25, -0.2) is 4.90 Å². The Labute approximate surface area is 251 Å². The van der Waals surface area contributed by atoms with Crippen molar-refractivity contribution < 1.29 is 14.5 Å². The molecule has 43 heavy (non-hydrogen) atoms. The highest BCUT2D eigenvalue weighted by Gasteiger charge is 2.68. The second kappa shape index (κ2) is 9.18. The van der Waals surface area contributed by atoms with Gasteiger partial charge < -0.3 is 0 Å². The number of nitro benzene ring substituents is 1. The standard InChI is InChI=1S/C35H22ClN3O4/c36-27-18-21(39(42)43)16-17-28(27)37-19-35-25-13-5-3-11-23(25)30(24-12-4-6-14-26(24)35)31-32(35)34(41)38(33(31)40)29-15-7-9-20-8-1-2-10-22(20)29/h1-19,30-32H/t30?,31-,32-,35?/m1/s1. The Kier molecular flexibility index (Phi) is 5.46. The smallest absolute Gasteiger partial charge is 0.271 e. The number of non-ortho nitro benzene ring substituents is 1. The molecule has 0 radical (unpaired) electrons. The Morgan fingerprint density at radius 1 is 0.814 bits per heavy atom. The van der Waals surface area contributed by atoms with Crippen LogP contribution in [0.15, 0.2) is 114 Å². The van der Waals surface area contributed by atoms with Crippen LogP contribution in [0, 0.1) is 22.0 Å². The second-order valence-corrected chi connectivity index (χ2v) is 11.6. The first-order valence-electron chi connectivity index (χ1n) is 14.0. The lowest BCUT2D eigenvalue weighted by atomic mass is 9.47. The van der Waals surface area contributed by atoms with Gasteiger partial charge >= 0.3 is 0 Å². The van der Waals surface area contributed by atoms with Gasteiger partial charge in [0.15, 0.2) is 0 Å². The molecule has 9 rings (SSSR count). The molecule has 1 fully saturated rings. The molecule has 1 heterocycles. The van der Waals surface area contributed by atoms with Crippen molar-refractivity contribution in [3.05, 3.63) is 147 Å². The van der Waals surface area contributed by atoms with Crippen LogP contribution >= 0.6 is 11.6 Å². The quantitative estimate of drug-likeness (QED) is 0.0956.